The second-order valence-corrected chi connectivity index (χ2v) is 9.35. The van der Waals surface area contributed by atoms with Crippen molar-refractivity contribution in [3.8, 4) is 16.9 Å². The molecule has 0 unspecified atom stereocenters. The van der Waals surface area contributed by atoms with E-state index in [4.69, 9.17) is 9.84 Å². The Morgan fingerprint density at radius 2 is 1.68 bits per heavy atom. The average molecular weight is 516 g/mol. The zero-order valence-electron chi connectivity index (χ0n) is 21.5. The van der Waals surface area contributed by atoms with Crippen molar-refractivity contribution in [2.45, 2.75) is 32.4 Å². The first-order chi connectivity index (χ1) is 18.4. The Kier molecular flexibility index (Phi) is 8.78. The van der Waals surface area contributed by atoms with Crippen LogP contribution in [-0.4, -0.2) is 58.9 Å². The summed E-state index contributed by atoms with van der Waals surface area (Å²) in [5.41, 5.74) is 4.46. The minimum absolute atomic E-state index is 0.127. The number of para-hydroxylation sites is 1. The topological polar surface area (TPSA) is 124 Å². The molecule has 0 saturated carbocycles. The van der Waals surface area contributed by atoms with Gasteiger partial charge in [0.25, 0.3) is 11.8 Å². The van der Waals surface area contributed by atoms with Gasteiger partial charge in [-0.05, 0) is 67.3 Å². The van der Waals surface area contributed by atoms with Crippen LogP contribution in [0.25, 0.3) is 22.0 Å². The number of aromatic amines is 1. The van der Waals surface area contributed by atoms with Crippen molar-refractivity contribution in [1.82, 2.24) is 15.6 Å². The van der Waals surface area contributed by atoms with Crippen LogP contribution in [0, 0.1) is 0 Å². The molecular formula is C30H33N3O5. The zero-order valence-corrected chi connectivity index (χ0v) is 21.5. The number of aromatic nitrogens is 1. The van der Waals surface area contributed by atoms with Gasteiger partial charge in [-0.1, -0.05) is 36.4 Å². The Morgan fingerprint density at radius 1 is 0.947 bits per heavy atom. The summed E-state index contributed by atoms with van der Waals surface area (Å²) >= 11 is 0. The minimum atomic E-state index is -0.492. The number of carbonyl (C=O) groups is 2. The first-order valence-corrected chi connectivity index (χ1v) is 12.7. The van der Waals surface area contributed by atoms with Gasteiger partial charge in [-0.3, -0.25) is 9.59 Å². The largest absolute Gasteiger partial charge is 0.490 e. The molecule has 4 rings (SSSR count). The molecule has 0 bridgehead atoms. The highest BCUT2D eigenvalue weighted by Crippen LogP contribution is 2.28. The molecule has 8 heteroatoms. The van der Waals surface area contributed by atoms with Gasteiger partial charge in [-0.25, -0.2) is 0 Å². The lowest BCUT2D eigenvalue weighted by atomic mass is 10.00. The van der Waals surface area contributed by atoms with E-state index >= 15 is 0 Å². The molecule has 38 heavy (non-hydrogen) atoms. The Hall–Kier alpha value is -4.14. The van der Waals surface area contributed by atoms with Gasteiger partial charge in [0.1, 0.15) is 5.75 Å². The fourth-order valence-electron chi connectivity index (χ4n) is 4.32. The summed E-state index contributed by atoms with van der Waals surface area (Å²) in [5.74, 6) is -0.164. The molecule has 1 atom stereocenters. The maximum atomic E-state index is 13.5. The van der Waals surface area contributed by atoms with E-state index in [1.165, 1.54) is 0 Å². The first-order valence-electron chi connectivity index (χ1n) is 12.7. The number of rotatable bonds is 11. The number of H-pyrrole nitrogens is 1. The van der Waals surface area contributed by atoms with E-state index in [9.17, 15) is 14.7 Å². The second-order valence-electron chi connectivity index (χ2n) is 9.35. The lowest BCUT2D eigenvalue weighted by molar-refractivity contribution is 0.0909. The third-order valence-electron chi connectivity index (χ3n) is 6.16. The van der Waals surface area contributed by atoms with E-state index < -0.39 is 6.04 Å². The van der Waals surface area contributed by atoms with Crippen LogP contribution in [0.1, 0.15) is 40.1 Å². The van der Waals surface area contributed by atoms with Crippen LogP contribution in [0.15, 0.2) is 72.9 Å². The van der Waals surface area contributed by atoms with E-state index in [-0.39, 0.29) is 37.7 Å². The van der Waals surface area contributed by atoms with E-state index in [0.29, 0.717) is 23.3 Å². The summed E-state index contributed by atoms with van der Waals surface area (Å²) in [6.45, 7) is 3.63. The van der Waals surface area contributed by atoms with Gasteiger partial charge in [0, 0.05) is 29.2 Å². The summed E-state index contributed by atoms with van der Waals surface area (Å²) < 4.78 is 5.92. The molecule has 0 aliphatic heterocycles. The highest BCUT2D eigenvalue weighted by Gasteiger charge is 2.20. The van der Waals surface area contributed by atoms with E-state index in [1.807, 2.05) is 50.4 Å². The van der Waals surface area contributed by atoms with E-state index in [0.717, 1.165) is 27.6 Å². The SMILES string of the molecule is CC(C)Oc1ccc(-c2ccc(C(=O)NCCO)cc2)cc1C(=O)N[C@@H](CO)Cc1c[nH]c2ccccc12. The number of hydrogen-bond acceptors (Lipinski definition) is 5. The van der Waals surface area contributed by atoms with Crippen LogP contribution in [0.5, 0.6) is 5.75 Å². The van der Waals surface area contributed by atoms with Gasteiger partial charge in [0.2, 0.25) is 0 Å². The number of benzene rings is 3. The maximum absolute atomic E-state index is 13.5. The van der Waals surface area contributed by atoms with Gasteiger partial charge in [0.15, 0.2) is 0 Å². The van der Waals surface area contributed by atoms with Crippen LogP contribution in [0.2, 0.25) is 0 Å². The zero-order chi connectivity index (χ0) is 27.1. The van der Waals surface area contributed by atoms with Crippen molar-refractivity contribution in [3.05, 3.63) is 89.6 Å². The normalized spacial score (nSPS) is 11.9. The quantitative estimate of drug-likeness (QED) is 0.209. The highest BCUT2D eigenvalue weighted by atomic mass is 16.5. The van der Waals surface area contributed by atoms with Gasteiger partial charge in [0.05, 0.1) is 30.9 Å². The smallest absolute Gasteiger partial charge is 0.255 e. The van der Waals surface area contributed by atoms with Crippen LogP contribution in [0.3, 0.4) is 0 Å². The molecule has 0 saturated heterocycles. The summed E-state index contributed by atoms with van der Waals surface area (Å²) in [6.07, 6.45) is 2.23. The van der Waals surface area contributed by atoms with Crippen molar-refractivity contribution < 1.29 is 24.5 Å². The number of aliphatic hydroxyl groups excluding tert-OH is 2. The molecule has 1 heterocycles. The lowest BCUT2D eigenvalue weighted by Gasteiger charge is -2.19. The minimum Gasteiger partial charge on any atom is -0.490 e. The predicted molar refractivity (Wildman–Crippen MR) is 147 cm³/mol. The molecule has 1 aromatic heterocycles. The van der Waals surface area contributed by atoms with Crippen molar-refractivity contribution in [2.24, 2.45) is 0 Å². The lowest BCUT2D eigenvalue weighted by Crippen LogP contribution is -2.39. The summed E-state index contributed by atoms with van der Waals surface area (Å²) in [5, 5.41) is 25.6. The molecule has 0 fully saturated rings. The van der Waals surface area contributed by atoms with Crippen molar-refractivity contribution in [2.75, 3.05) is 19.8 Å². The molecule has 0 spiro atoms. The molecule has 2 amide bonds. The van der Waals surface area contributed by atoms with E-state index in [2.05, 4.69) is 15.6 Å². The van der Waals surface area contributed by atoms with Crippen LogP contribution >= 0.6 is 0 Å². The fraction of sp³-hybridized carbons (Fsp3) is 0.267. The van der Waals surface area contributed by atoms with Gasteiger partial charge in [-0.15, -0.1) is 0 Å². The van der Waals surface area contributed by atoms with Crippen molar-refractivity contribution in [3.63, 3.8) is 0 Å². The van der Waals surface area contributed by atoms with Gasteiger partial charge in [-0.2, -0.15) is 0 Å². The fourth-order valence-corrected chi connectivity index (χ4v) is 4.32. The second kappa shape index (κ2) is 12.4. The van der Waals surface area contributed by atoms with Crippen molar-refractivity contribution in [1.29, 1.82) is 0 Å². The Balaban J connectivity index is 1.56. The number of fused-ring (bicyclic) bond motifs is 1. The van der Waals surface area contributed by atoms with Crippen LogP contribution < -0.4 is 15.4 Å². The van der Waals surface area contributed by atoms with Gasteiger partial charge >= 0.3 is 0 Å². The molecule has 0 radical (unpaired) electrons. The monoisotopic (exact) mass is 515 g/mol. The Labute approximate surface area is 221 Å². The number of nitrogens with one attached hydrogen (secondary N) is 3. The number of ether oxygens (including phenoxy) is 1. The van der Waals surface area contributed by atoms with Crippen LogP contribution in [0.4, 0.5) is 0 Å². The van der Waals surface area contributed by atoms with E-state index in [1.54, 1.807) is 36.4 Å². The highest BCUT2D eigenvalue weighted by molar-refractivity contribution is 5.99. The molecular weight excluding hydrogens is 482 g/mol. The van der Waals surface area contributed by atoms with Gasteiger partial charge < -0.3 is 30.6 Å². The molecule has 0 aliphatic rings. The Morgan fingerprint density at radius 3 is 2.39 bits per heavy atom. The predicted octanol–water partition coefficient (Wildman–Crippen LogP) is 3.68. The summed E-state index contributed by atoms with van der Waals surface area (Å²) in [6, 6.07) is 19.8. The number of carbonyl (C=O) groups excluding carboxylic acids is 2. The van der Waals surface area contributed by atoms with Crippen molar-refractivity contribution >= 4 is 22.7 Å². The molecule has 0 aliphatic carbocycles. The molecule has 198 valence electrons. The number of aliphatic hydroxyl groups is 2. The summed E-state index contributed by atoms with van der Waals surface area (Å²) in [7, 11) is 0. The maximum Gasteiger partial charge on any atom is 0.255 e. The molecule has 4 aromatic rings. The summed E-state index contributed by atoms with van der Waals surface area (Å²) in [4.78, 5) is 28.8. The molecule has 3 aromatic carbocycles. The van der Waals surface area contributed by atoms with Crippen LogP contribution in [-0.2, 0) is 6.42 Å². The molecule has 8 nitrogen and oxygen atoms in total. The third-order valence-corrected chi connectivity index (χ3v) is 6.16. The first kappa shape index (κ1) is 26.9. The third kappa shape index (κ3) is 6.40. The number of amides is 2. The Bertz CT molecular complexity index is 1390. The standard InChI is InChI=1S/C30H33N3O5/c1-19(2)38-28-12-11-22(20-7-9-21(10-8-20)29(36)31-13-14-34)16-26(28)30(37)33-24(18-35)15-23-17-32-27-6-4-3-5-25(23)27/h3-12,16-17,19,24,32,34-35H,13-15,18H2,1-2H3,(H,31,36)(H,33,37)/t24-/m1/s1. The molecule has 5 N–H and O–H groups in total. The number of hydrogen-bond donors (Lipinski definition) is 5. The average Bonchev–Trinajstić information content (AvgIpc) is 3.34.